The molecule has 224 valence electrons. The molecule has 6 nitrogen and oxygen atoms in total. The number of aromatic nitrogens is 1. The van der Waals surface area contributed by atoms with Crippen LogP contribution in [0.15, 0.2) is 78.9 Å². The van der Waals surface area contributed by atoms with Crippen LogP contribution in [0, 0.1) is 6.92 Å². The highest BCUT2D eigenvalue weighted by molar-refractivity contribution is 5.98. The van der Waals surface area contributed by atoms with Crippen LogP contribution in [0.2, 0.25) is 0 Å². The highest BCUT2D eigenvalue weighted by Crippen LogP contribution is 2.29. The van der Waals surface area contributed by atoms with E-state index in [2.05, 4.69) is 52.0 Å². The number of alkyl halides is 3. The number of carbonyl (C=O) groups excluding carboxylic acids is 1. The number of piperazine rings is 2. The lowest BCUT2D eigenvalue weighted by Crippen LogP contribution is -2.48. The molecule has 3 aromatic carbocycles. The Hall–Kier alpha value is -3.95. The Labute approximate surface area is 250 Å². The van der Waals surface area contributed by atoms with Gasteiger partial charge in [0.15, 0.2) is 0 Å². The normalized spacial score (nSPS) is 17.0. The molecule has 43 heavy (non-hydrogen) atoms. The van der Waals surface area contributed by atoms with Gasteiger partial charge in [-0.2, -0.15) is 13.2 Å². The van der Waals surface area contributed by atoms with E-state index in [1.54, 1.807) is 0 Å². The Morgan fingerprint density at radius 3 is 1.91 bits per heavy atom. The van der Waals surface area contributed by atoms with E-state index >= 15 is 0 Å². The molecule has 0 unspecified atom stereocenters. The van der Waals surface area contributed by atoms with Crippen LogP contribution in [0.1, 0.15) is 32.6 Å². The fourth-order valence-corrected chi connectivity index (χ4v) is 5.86. The second-order valence-corrected chi connectivity index (χ2v) is 11.6. The fraction of sp³-hybridized carbons (Fsp3) is 0.353. The SMILES string of the molecule is Cc1ccc(CN2CCN(c3ccc4cc(C(=O)N5CCN(Cc6ccc(C(F)(F)F)cc6)CC5)ccc4n3)CC2)cc1. The molecule has 0 spiro atoms. The molecule has 2 aliphatic heterocycles. The van der Waals surface area contributed by atoms with Gasteiger partial charge in [-0.1, -0.05) is 42.0 Å². The number of nitrogens with zero attached hydrogens (tertiary/aromatic N) is 5. The van der Waals surface area contributed by atoms with E-state index in [4.69, 9.17) is 4.98 Å². The summed E-state index contributed by atoms with van der Waals surface area (Å²) in [5, 5.41) is 0.938. The zero-order valence-electron chi connectivity index (χ0n) is 24.4. The van der Waals surface area contributed by atoms with E-state index in [-0.39, 0.29) is 5.91 Å². The first kappa shape index (κ1) is 29.1. The summed E-state index contributed by atoms with van der Waals surface area (Å²) in [5.41, 5.74) is 4.33. The number of rotatable bonds is 6. The van der Waals surface area contributed by atoms with Crippen LogP contribution in [-0.4, -0.2) is 77.9 Å². The van der Waals surface area contributed by atoms with Gasteiger partial charge in [-0.25, -0.2) is 4.98 Å². The number of hydrogen-bond donors (Lipinski definition) is 0. The molecule has 1 aromatic heterocycles. The smallest absolute Gasteiger partial charge is 0.354 e. The molecule has 0 saturated carbocycles. The van der Waals surface area contributed by atoms with Crippen molar-refractivity contribution in [2.24, 2.45) is 0 Å². The van der Waals surface area contributed by atoms with Crippen LogP contribution < -0.4 is 4.90 Å². The molecule has 4 aromatic rings. The van der Waals surface area contributed by atoms with Crippen LogP contribution in [0.25, 0.3) is 10.9 Å². The minimum absolute atomic E-state index is 0.00939. The summed E-state index contributed by atoms with van der Waals surface area (Å²) >= 11 is 0. The number of hydrogen-bond acceptors (Lipinski definition) is 5. The maximum atomic E-state index is 13.3. The first-order valence-corrected chi connectivity index (χ1v) is 14.8. The number of fused-ring (bicyclic) bond motifs is 1. The number of amides is 1. The standard InChI is InChI=1S/C34H36F3N5O/c1-25-2-4-26(5-3-25)23-39-14-18-41(19-15-39)32-13-9-28-22-29(8-12-31(28)38-32)33(43)42-20-16-40(17-21-42)24-27-6-10-30(11-7-27)34(35,36)37/h2-13,22H,14-21,23-24H2,1H3. The van der Waals surface area contributed by atoms with Crippen molar-refractivity contribution in [1.82, 2.24) is 19.7 Å². The number of pyridine rings is 1. The summed E-state index contributed by atoms with van der Waals surface area (Å²) in [6, 6.07) is 23.9. The molecule has 1 amide bonds. The van der Waals surface area contributed by atoms with Crippen LogP contribution >= 0.6 is 0 Å². The molecule has 2 aliphatic rings. The predicted octanol–water partition coefficient (Wildman–Crippen LogP) is 5.84. The van der Waals surface area contributed by atoms with Gasteiger partial charge in [-0.15, -0.1) is 0 Å². The Morgan fingerprint density at radius 1 is 0.721 bits per heavy atom. The number of aryl methyl sites for hydroxylation is 1. The van der Waals surface area contributed by atoms with E-state index in [0.29, 0.717) is 38.3 Å². The van der Waals surface area contributed by atoms with E-state index < -0.39 is 11.7 Å². The lowest BCUT2D eigenvalue weighted by Gasteiger charge is -2.35. The van der Waals surface area contributed by atoms with Crippen molar-refractivity contribution in [2.75, 3.05) is 57.3 Å². The van der Waals surface area contributed by atoms with Crippen molar-refractivity contribution in [2.45, 2.75) is 26.2 Å². The molecule has 0 bridgehead atoms. The second kappa shape index (κ2) is 12.3. The van der Waals surface area contributed by atoms with Crippen LogP contribution in [0.4, 0.5) is 19.0 Å². The van der Waals surface area contributed by atoms with E-state index in [9.17, 15) is 18.0 Å². The number of carbonyl (C=O) groups is 1. The highest BCUT2D eigenvalue weighted by Gasteiger charge is 2.30. The maximum Gasteiger partial charge on any atom is 0.416 e. The monoisotopic (exact) mass is 587 g/mol. The Balaban J connectivity index is 1.01. The van der Waals surface area contributed by atoms with E-state index in [1.807, 2.05) is 29.2 Å². The van der Waals surface area contributed by atoms with Gasteiger partial charge in [0.05, 0.1) is 11.1 Å². The zero-order chi connectivity index (χ0) is 30.0. The highest BCUT2D eigenvalue weighted by atomic mass is 19.4. The van der Waals surface area contributed by atoms with Crippen LogP contribution in [0.3, 0.4) is 0 Å². The zero-order valence-corrected chi connectivity index (χ0v) is 24.4. The van der Waals surface area contributed by atoms with Crippen molar-refractivity contribution in [3.05, 3.63) is 107 Å². The van der Waals surface area contributed by atoms with E-state index in [0.717, 1.165) is 67.1 Å². The third-order valence-electron chi connectivity index (χ3n) is 8.49. The van der Waals surface area contributed by atoms with Gasteiger partial charge < -0.3 is 9.80 Å². The molecule has 3 heterocycles. The summed E-state index contributed by atoms with van der Waals surface area (Å²) in [6.07, 6.45) is -4.33. The summed E-state index contributed by atoms with van der Waals surface area (Å²) < 4.78 is 38.5. The first-order valence-electron chi connectivity index (χ1n) is 14.8. The van der Waals surface area contributed by atoms with Crippen molar-refractivity contribution in [1.29, 1.82) is 0 Å². The molecular formula is C34H36F3N5O. The average Bonchev–Trinajstić information content (AvgIpc) is 3.02. The minimum Gasteiger partial charge on any atom is -0.354 e. The third kappa shape index (κ3) is 7.00. The lowest BCUT2D eigenvalue weighted by atomic mass is 10.1. The molecule has 0 N–H and O–H groups in total. The predicted molar refractivity (Wildman–Crippen MR) is 163 cm³/mol. The summed E-state index contributed by atoms with van der Waals surface area (Å²) in [6.45, 7) is 9.94. The second-order valence-electron chi connectivity index (χ2n) is 11.6. The summed E-state index contributed by atoms with van der Waals surface area (Å²) in [7, 11) is 0. The Morgan fingerprint density at radius 2 is 1.30 bits per heavy atom. The van der Waals surface area contributed by atoms with Crippen molar-refractivity contribution in [3.63, 3.8) is 0 Å². The number of anilines is 1. The average molecular weight is 588 g/mol. The molecule has 9 heteroatoms. The minimum atomic E-state index is -4.33. The van der Waals surface area contributed by atoms with Crippen LogP contribution in [0.5, 0.6) is 0 Å². The molecular weight excluding hydrogens is 551 g/mol. The van der Waals surface area contributed by atoms with Gasteiger partial charge in [-0.3, -0.25) is 14.6 Å². The maximum absolute atomic E-state index is 13.3. The molecule has 0 radical (unpaired) electrons. The van der Waals surface area contributed by atoms with Gasteiger partial charge in [0.25, 0.3) is 5.91 Å². The van der Waals surface area contributed by atoms with Crippen molar-refractivity contribution >= 4 is 22.6 Å². The number of benzene rings is 3. The van der Waals surface area contributed by atoms with Gasteiger partial charge in [0.1, 0.15) is 5.82 Å². The van der Waals surface area contributed by atoms with Crippen molar-refractivity contribution < 1.29 is 18.0 Å². The van der Waals surface area contributed by atoms with Gasteiger partial charge in [0.2, 0.25) is 0 Å². The molecule has 6 rings (SSSR count). The molecule has 0 aliphatic carbocycles. The number of halogens is 3. The van der Waals surface area contributed by atoms with E-state index in [1.165, 1.54) is 23.3 Å². The fourth-order valence-electron chi connectivity index (χ4n) is 5.86. The molecule has 0 atom stereocenters. The first-order chi connectivity index (χ1) is 20.7. The largest absolute Gasteiger partial charge is 0.416 e. The van der Waals surface area contributed by atoms with Gasteiger partial charge in [0, 0.05) is 76.4 Å². The summed E-state index contributed by atoms with van der Waals surface area (Å²) in [4.78, 5) is 27.0. The van der Waals surface area contributed by atoms with Gasteiger partial charge >= 0.3 is 6.18 Å². The third-order valence-corrected chi connectivity index (χ3v) is 8.49. The van der Waals surface area contributed by atoms with Crippen molar-refractivity contribution in [3.8, 4) is 0 Å². The lowest BCUT2D eigenvalue weighted by molar-refractivity contribution is -0.137. The molecule has 2 saturated heterocycles. The Kier molecular flexibility index (Phi) is 8.36. The quantitative estimate of drug-likeness (QED) is 0.284. The van der Waals surface area contributed by atoms with Crippen LogP contribution in [-0.2, 0) is 19.3 Å². The topological polar surface area (TPSA) is 42.9 Å². The van der Waals surface area contributed by atoms with Gasteiger partial charge in [-0.05, 0) is 60.5 Å². The Bertz CT molecular complexity index is 1560. The summed E-state index contributed by atoms with van der Waals surface area (Å²) in [5.74, 6) is 0.954. The molecule has 2 fully saturated rings.